The van der Waals surface area contributed by atoms with Gasteiger partial charge in [0.2, 0.25) is 0 Å². The van der Waals surface area contributed by atoms with Crippen molar-refractivity contribution in [1.29, 1.82) is 0 Å². The average molecular weight is 256 g/mol. The van der Waals surface area contributed by atoms with Gasteiger partial charge in [0.05, 0.1) is 5.56 Å². The maximum absolute atomic E-state index is 11.7. The number of aromatic carboxylic acids is 1. The van der Waals surface area contributed by atoms with Crippen LogP contribution >= 0.6 is 0 Å². The van der Waals surface area contributed by atoms with Gasteiger partial charge in [0, 0.05) is 36.0 Å². The van der Waals surface area contributed by atoms with Crippen molar-refractivity contribution in [3.63, 3.8) is 0 Å². The summed E-state index contributed by atoms with van der Waals surface area (Å²) in [6.45, 7) is 0.576. The van der Waals surface area contributed by atoms with Crippen molar-refractivity contribution in [3.8, 4) is 0 Å². The highest BCUT2D eigenvalue weighted by atomic mass is 32.2. The summed E-state index contributed by atoms with van der Waals surface area (Å²) in [7, 11) is 0.557. The van der Waals surface area contributed by atoms with Crippen LogP contribution in [-0.2, 0) is 21.3 Å². The van der Waals surface area contributed by atoms with Crippen molar-refractivity contribution in [2.24, 2.45) is 0 Å². The van der Waals surface area contributed by atoms with Gasteiger partial charge in [0.25, 0.3) is 0 Å². The lowest BCUT2D eigenvalue weighted by molar-refractivity contribution is 0.0696. The first-order valence-electron chi connectivity index (χ1n) is 5.30. The monoisotopic (exact) mass is 256 g/mol. The highest BCUT2D eigenvalue weighted by Crippen LogP contribution is 2.11. The summed E-state index contributed by atoms with van der Waals surface area (Å²) in [6, 6.07) is 6.66. The number of hydrogen-bond donors (Lipinski definition) is 1. The van der Waals surface area contributed by atoms with Gasteiger partial charge in [-0.1, -0.05) is 18.2 Å². The van der Waals surface area contributed by atoms with E-state index in [0.29, 0.717) is 17.9 Å². The lowest BCUT2D eigenvalue weighted by Crippen LogP contribution is -2.08. The average Bonchev–Trinajstić information content (AvgIpc) is 2.29. The minimum absolute atomic E-state index is 0.229. The molecule has 0 amide bonds. The zero-order valence-electron chi connectivity index (χ0n) is 9.72. The van der Waals surface area contributed by atoms with Crippen molar-refractivity contribution in [3.05, 3.63) is 35.4 Å². The number of methoxy groups -OCH3 is 1. The van der Waals surface area contributed by atoms with Gasteiger partial charge in [-0.05, 0) is 18.1 Å². The third-order valence-electron chi connectivity index (χ3n) is 2.28. The van der Waals surface area contributed by atoms with Crippen LogP contribution in [0.25, 0.3) is 0 Å². The third kappa shape index (κ3) is 4.66. The highest BCUT2D eigenvalue weighted by molar-refractivity contribution is 7.84. The van der Waals surface area contributed by atoms with Gasteiger partial charge in [0.1, 0.15) is 0 Å². The molecule has 0 aliphatic heterocycles. The van der Waals surface area contributed by atoms with Crippen molar-refractivity contribution < 1.29 is 18.8 Å². The first-order valence-corrected chi connectivity index (χ1v) is 6.79. The zero-order chi connectivity index (χ0) is 12.7. The lowest BCUT2D eigenvalue weighted by atomic mass is 10.1. The molecule has 1 rings (SSSR count). The molecule has 0 aliphatic rings. The van der Waals surface area contributed by atoms with Crippen LogP contribution in [0.15, 0.2) is 24.3 Å². The number of carboxylic acids is 1. The summed E-state index contributed by atoms with van der Waals surface area (Å²) < 4.78 is 16.6. The molecule has 0 heterocycles. The molecular formula is C12H16O4S. The van der Waals surface area contributed by atoms with E-state index in [2.05, 4.69) is 0 Å². The van der Waals surface area contributed by atoms with E-state index < -0.39 is 16.8 Å². The molecule has 0 aliphatic carbocycles. The molecule has 1 atom stereocenters. The van der Waals surface area contributed by atoms with E-state index in [1.807, 2.05) is 0 Å². The number of hydrogen-bond acceptors (Lipinski definition) is 3. The van der Waals surface area contributed by atoms with E-state index in [9.17, 15) is 9.00 Å². The topological polar surface area (TPSA) is 63.6 Å². The Labute approximate surface area is 103 Å². The molecule has 94 valence electrons. The Morgan fingerprint density at radius 2 is 2.12 bits per heavy atom. The number of benzene rings is 1. The first-order chi connectivity index (χ1) is 8.15. The van der Waals surface area contributed by atoms with Crippen molar-refractivity contribution in [2.75, 3.05) is 19.5 Å². The van der Waals surface area contributed by atoms with Crippen molar-refractivity contribution in [2.45, 2.75) is 12.2 Å². The molecule has 0 fully saturated rings. The number of ether oxygens (including phenoxy) is 1. The molecule has 1 aromatic carbocycles. The molecule has 4 nitrogen and oxygen atoms in total. The normalized spacial score (nSPS) is 12.3. The Morgan fingerprint density at radius 1 is 1.41 bits per heavy atom. The summed E-state index contributed by atoms with van der Waals surface area (Å²) in [4.78, 5) is 10.9. The van der Waals surface area contributed by atoms with E-state index in [1.165, 1.54) is 6.07 Å². The fourth-order valence-electron chi connectivity index (χ4n) is 1.46. The van der Waals surface area contributed by atoms with Gasteiger partial charge in [-0.15, -0.1) is 0 Å². The molecule has 1 aromatic rings. The van der Waals surface area contributed by atoms with Crippen LogP contribution in [0.1, 0.15) is 22.3 Å². The highest BCUT2D eigenvalue weighted by Gasteiger charge is 2.11. The molecular weight excluding hydrogens is 240 g/mol. The fraction of sp³-hybridized carbons (Fsp3) is 0.417. The van der Waals surface area contributed by atoms with E-state index >= 15 is 0 Å². The van der Waals surface area contributed by atoms with Gasteiger partial charge in [-0.3, -0.25) is 4.21 Å². The quantitative estimate of drug-likeness (QED) is 0.754. The van der Waals surface area contributed by atoms with Crippen molar-refractivity contribution >= 4 is 16.8 Å². The van der Waals surface area contributed by atoms with E-state index in [-0.39, 0.29) is 11.3 Å². The maximum atomic E-state index is 11.7. The SMILES string of the molecule is COCCCS(=O)Cc1ccccc1C(=O)O. The number of carbonyl (C=O) groups is 1. The second-order valence-electron chi connectivity index (χ2n) is 3.60. The second-order valence-corrected chi connectivity index (χ2v) is 5.17. The molecule has 0 radical (unpaired) electrons. The Balaban J connectivity index is 2.61. The van der Waals surface area contributed by atoms with Crippen LogP contribution in [0.2, 0.25) is 0 Å². The maximum Gasteiger partial charge on any atom is 0.335 e. The number of carboxylic acid groups (broad SMARTS) is 1. The van der Waals surface area contributed by atoms with Crippen molar-refractivity contribution in [1.82, 2.24) is 0 Å². The smallest absolute Gasteiger partial charge is 0.335 e. The van der Waals surface area contributed by atoms with Gasteiger partial charge >= 0.3 is 5.97 Å². The molecule has 1 unspecified atom stereocenters. The minimum atomic E-state index is -1.04. The van der Waals surface area contributed by atoms with E-state index in [4.69, 9.17) is 9.84 Å². The summed E-state index contributed by atoms with van der Waals surface area (Å²) in [5.74, 6) is -0.164. The molecule has 0 saturated heterocycles. The van der Waals surface area contributed by atoms with Gasteiger partial charge in [0.15, 0.2) is 0 Å². The molecule has 17 heavy (non-hydrogen) atoms. The van der Waals surface area contributed by atoms with Crippen LogP contribution in [0, 0.1) is 0 Å². The fourth-order valence-corrected chi connectivity index (χ4v) is 2.65. The Kier molecular flexibility index (Phi) is 5.86. The van der Waals surface area contributed by atoms with E-state index in [1.54, 1.807) is 25.3 Å². The molecule has 1 N–H and O–H groups in total. The van der Waals surface area contributed by atoms with Gasteiger partial charge in [-0.2, -0.15) is 0 Å². The summed E-state index contributed by atoms with van der Waals surface area (Å²) in [6.07, 6.45) is 0.721. The third-order valence-corrected chi connectivity index (χ3v) is 3.66. The largest absolute Gasteiger partial charge is 0.478 e. The van der Waals surface area contributed by atoms with Crippen LogP contribution in [0.3, 0.4) is 0 Å². The Hall–Kier alpha value is -1.20. The minimum Gasteiger partial charge on any atom is -0.478 e. The zero-order valence-corrected chi connectivity index (χ0v) is 10.5. The predicted molar refractivity (Wildman–Crippen MR) is 66.6 cm³/mol. The van der Waals surface area contributed by atoms with Crippen LogP contribution in [0.4, 0.5) is 0 Å². The van der Waals surface area contributed by atoms with Gasteiger partial charge in [-0.25, -0.2) is 4.79 Å². The summed E-state index contributed by atoms with van der Waals surface area (Å²) >= 11 is 0. The molecule has 0 saturated carbocycles. The Bertz CT molecular complexity index is 403. The van der Waals surface area contributed by atoms with Crippen LogP contribution < -0.4 is 0 Å². The van der Waals surface area contributed by atoms with Crippen LogP contribution in [-0.4, -0.2) is 34.8 Å². The summed E-state index contributed by atoms with van der Waals surface area (Å²) in [5.41, 5.74) is 0.850. The Morgan fingerprint density at radius 3 is 2.76 bits per heavy atom. The van der Waals surface area contributed by atoms with Gasteiger partial charge < -0.3 is 9.84 Å². The number of rotatable bonds is 7. The summed E-state index contributed by atoms with van der Waals surface area (Å²) in [5, 5.41) is 8.97. The lowest BCUT2D eigenvalue weighted by Gasteiger charge is -2.05. The molecule has 0 aromatic heterocycles. The van der Waals surface area contributed by atoms with E-state index in [0.717, 1.165) is 6.42 Å². The standard InChI is InChI=1S/C12H16O4S/c1-16-7-4-8-17(15)9-10-5-2-3-6-11(10)12(13)14/h2-3,5-6H,4,7-9H2,1H3,(H,13,14). The first kappa shape index (κ1) is 13.9. The molecule has 5 heteroatoms. The predicted octanol–water partition coefficient (Wildman–Crippen LogP) is 1.67. The van der Waals surface area contributed by atoms with Crippen LogP contribution in [0.5, 0.6) is 0 Å². The second kappa shape index (κ2) is 7.19. The molecule has 0 bridgehead atoms. The molecule has 0 spiro atoms.